The molecule has 0 aliphatic rings. The first-order chi connectivity index (χ1) is 14.1. The van der Waals surface area contributed by atoms with Gasteiger partial charge in [-0.25, -0.2) is 4.98 Å². The fraction of sp³-hybridized carbons (Fsp3) is 0.0870. The zero-order valence-electron chi connectivity index (χ0n) is 15.9. The number of hydrogen-bond donors (Lipinski definition) is 1. The zero-order chi connectivity index (χ0) is 20.4. The summed E-state index contributed by atoms with van der Waals surface area (Å²) in [5, 5.41) is 18.6. The number of nitriles is 1. The van der Waals surface area contributed by atoms with E-state index in [1.165, 1.54) is 0 Å². The molecule has 2 heterocycles. The molecule has 0 spiro atoms. The van der Waals surface area contributed by atoms with Crippen molar-refractivity contribution < 1.29 is 4.74 Å². The van der Waals surface area contributed by atoms with Gasteiger partial charge in [0, 0.05) is 16.2 Å². The summed E-state index contributed by atoms with van der Waals surface area (Å²) >= 11 is 6.61. The fourth-order valence-electron chi connectivity index (χ4n) is 3.27. The lowest BCUT2D eigenvalue weighted by atomic mass is 9.97. The molecule has 0 fully saturated rings. The molecule has 0 bridgehead atoms. The first-order valence-electron chi connectivity index (χ1n) is 8.98. The highest BCUT2D eigenvalue weighted by molar-refractivity contribution is 6.51. The Bertz CT molecular complexity index is 1250. The number of aromatic amines is 1. The number of H-pyrrole nitrogens is 1. The highest BCUT2D eigenvalue weighted by atomic mass is 35.5. The number of methoxy groups -OCH3 is 1. The maximum absolute atomic E-state index is 10.0. The third kappa shape index (κ3) is 3.46. The van der Waals surface area contributed by atoms with Crippen LogP contribution in [0.25, 0.3) is 33.4 Å². The van der Waals surface area contributed by atoms with E-state index in [9.17, 15) is 5.26 Å². The molecule has 0 unspecified atom stereocenters. The monoisotopic (exact) mass is 400 g/mol. The average molecular weight is 401 g/mol. The van der Waals surface area contributed by atoms with Crippen molar-refractivity contribution in [2.45, 2.75) is 6.92 Å². The number of fused-ring (bicyclic) bond motifs is 1. The van der Waals surface area contributed by atoms with Crippen LogP contribution in [0.15, 0.2) is 54.6 Å². The molecule has 2 aromatic heterocycles. The maximum atomic E-state index is 10.0. The molecule has 0 atom stereocenters. The van der Waals surface area contributed by atoms with Crippen molar-refractivity contribution in [3.05, 3.63) is 77.0 Å². The van der Waals surface area contributed by atoms with Crippen molar-refractivity contribution in [2.75, 3.05) is 7.11 Å². The van der Waals surface area contributed by atoms with Crippen LogP contribution in [-0.4, -0.2) is 22.3 Å². The fourth-order valence-corrected chi connectivity index (χ4v) is 3.50. The number of benzene rings is 2. The van der Waals surface area contributed by atoms with Crippen molar-refractivity contribution in [3.8, 4) is 23.1 Å². The SMILES string of the molecule is COc1ccc(-c2nc3[nH]nc(C)c3c(/C=C(/Cl)c3ccccc3)c2C#N)cc1. The van der Waals surface area contributed by atoms with E-state index in [1.807, 2.05) is 67.6 Å². The van der Waals surface area contributed by atoms with Gasteiger partial charge in [0.25, 0.3) is 0 Å². The van der Waals surface area contributed by atoms with E-state index in [0.717, 1.165) is 28.0 Å². The Kier molecular flexibility index (Phi) is 5.03. The predicted octanol–water partition coefficient (Wildman–Crippen LogP) is 5.55. The quantitative estimate of drug-likeness (QED) is 0.487. The lowest BCUT2D eigenvalue weighted by molar-refractivity contribution is 0.415. The number of halogens is 1. The van der Waals surface area contributed by atoms with Gasteiger partial charge in [-0.1, -0.05) is 41.9 Å². The van der Waals surface area contributed by atoms with Crippen LogP contribution in [0, 0.1) is 18.3 Å². The number of aromatic nitrogens is 3. The Labute approximate surface area is 173 Å². The standard InChI is InChI=1S/C23H17ClN4O/c1-14-21-18(12-20(24)15-6-4-3-5-7-15)19(13-25)22(26-23(21)28-27-14)16-8-10-17(29-2)11-9-16/h3-12H,1-2H3,(H,26,27,28)/b20-12+. The van der Waals surface area contributed by atoms with E-state index in [1.54, 1.807) is 7.11 Å². The van der Waals surface area contributed by atoms with Gasteiger partial charge in [0.05, 0.1) is 29.4 Å². The van der Waals surface area contributed by atoms with Crippen molar-refractivity contribution in [2.24, 2.45) is 0 Å². The van der Waals surface area contributed by atoms with Gasteiger partial charge < -0.3 is 4.74 Å². The molecule has 1 N–H and O–H groups in total. The second kappa shape index (κ2) is 7.78. The second-order valence-corrected chi connectivity index (χ2v) is 6.89. The highest BCUT2D eigenvalue weighted by Crippen LogP contribution is 2.34. The first-order valence-corrected chi connectivity index (χ1v) is 9.36. The molecule has 29 heavy (non-hydrogen) atoms. The number of hydrogen-bond acceptors (Lipinski definition) is 4. The molecular weight excluding hydrogens is 384 g/mol. The molecular formula is C23H17ClN4O. The van der Waals surface area contributed by atoms with Gasteiger partial charge >= 0.3 is 0 Å². The van der Waals surface area contributed by atoms with Gasteiger partial charge in [-0.2, -0.15) is 10.4 Å². The molecule has 6 heteroatoms. The molecule has 5 nitrogen and oxygen atoms in total. The van der Waals surface area contributed by atoms with E-state index in [-0.39, 0.29) is 0 Å². The molecule has 0 aliphatic heterocycles. The maximum Gasteiger partial charge on any atom is 0.156 e. The summed E-state index contributed by atoms with van der Waals surface area (Å²) in [6.45, 7) is 1.88. The number of nitrogens with zero attached hydrogens (tertiary/aromatic N) is 3. The van der Waals surface area contributed by atoms with Crippen LogP contribution in [0.3, 0.4) is 0 Å². The number of rotatable bonds is 4. The third-order valence-electron chi connectivity index (χ3n) is 4.72. The molecule has 0 amide bonds. The molecule has 4 aromatic rings. The van der Waals surface area contributed by atoms with Gasteiger partial charge in [0.15, 0.2) is 5.65 Å². The molecule has 142 valence electrons. The summed E-state index contributed by atoms with van der Waals surface area (Å²) in [6.07, 6.45) is 1.81. The van der Waals surface area contributed by atoms with Crippen molar-refractivity contribution >= 4 is 33.7 Å². The van der Waals surface area contributed by atoms with Gasteiger partial charge in [0.2, 0.25) is 0 Å². The third-order valence-corrected chi connectivity index (χ3v) is 5.05. The minimum Gasteiger partial charge on any atom is -0.497 e. The largest absolute Gasteiger partial charge is 0.497 e. The molecule has 2 aromatic carbocycles. The summed E-state index contributed by atoms with van der Waals surface area (Å²) in [6, 6.07) is 19.4. The average Bonchev–Trinajstić information content (AvgIpc) is 3.14. The van der Waals surface area contributed by atoms with E-state index in [4.69, 9.17) is 16.3 Å². The number of pyridine rings is 1. The van der Waals surface area contributed by atoms with Crippen LogP contribution in [0.4, 0.5) is 0 Å². The van der Waals surface area contributed by atoms with E-state index >= 15 is 0 Å². The summed E-state index contributed by atoms with van der Waals surface area (Å²) in [5.74, 6) is 0.734. The normalized spacial score (nSPS) is 11.4. The Morgan fingerprint density at radius 2 is 1.86 bits per heavy atom. The van der Waals surface area contributed by atoms with Gasteiger partial charge in [-0.05, 0) is 42.8 Å². The lowest BCUT2D eigenvalue weighted by Crippen LogP contribution is -1.96. The molecule has 0 aliphatic carbocycles. The molecule has 0 saturated heterocycles. The number of ether oxygens (including phenoxy) is 1. The van der Waals surface area contributed by atoms with E-state index < -0.39 is 0 Å². The molecule has 0 saturated carbocycles. The molecule has 0 radical (unpaired) electrons. The second-order valence-electron chi connectivity index (χ2n) is 6.48. The minimum atomic E-state index is 0.446. The van der Waals surface area contributed by atoms with Crippen LogP contribution < -0.4 is 4.74 Å². The van der Waals surface area contributed by atoms with Crippen LogP contribution in [0.2, 0.25) is 0 Å². The van der Waals surface area contributed by atoms with Crippen LogP contribution in [0.1, 0.15) is 22.4 Å². The first kappa shape index (κ1) is 18.7. The summed E-state index contributed by atoms with van der Waals surface area (Å²) in [4.78, 5) is 4.68. The highest BCUT2D eigenvalue weighted by Gasteiger charge is 2.19. The Balaban J connectivity index is 1.99. The number of nitrogens with one attached hydrogen (secondary N) is 1. The van der Waals surface area contributed by atoms with E-state index in [2.05, 4.69) is 21.3 Å². The van der Waals surface area contributed by atoms with E-state index in [0.29, 0.717) is 27.5 Å². The van der Waals surface area contributed by atoms with Gasteiger partial charge in [-0.15, -0.1) is 0 Å². The van der Waals surface area contributed by atoms with Crippen molar-refractivity contribution in [1.29, 1.82) is 5.26 Å². The van der Waals surface area contributed by atoms with Crippen LogP contribution in [0.5, 0.6) is 5.75 Å². The Morgan fingerprint density at radius 3 is 2.52 bits per heavy atom. The smallest absolute Gasteiger partial charge is 0.156 e. The Morgan fingerprint density at radius 1 is 1.14 bits per heavy atom. The summed E-state index contributed by atoms with van der Waals surface area (Å²) < 4.78 is 5.23. The van der Waals surface area contributed by atoms with Crippen molar-refractivity contribution in [1.82, 2.24) is 15.2 Å². The predicted molar refractivity (Wildman–Crippen MR) is 115 cm³/mol. The summed E-state index contributed by atoms with van der Waals surface area (Å²) in [7, 11) is 1.61. The Hall–Kier alpha value is -3.62. The zero-order valence-corrected chi connectivity index (χ0v) is 16.7. The van der Waals surface area contributed by atoms with Gasteiger partial charge in [-0.3, -0.25) is 5.10 Å². The minimum absolute atomic E-state index is 0.446. The van der Waals surface area contributed by atoms with Crippen molar-refractivity contribution in [3.63, 3.8) is 0 Å². The lowest BCUT2D eigenvalue weighted by Gasteiger charge is -2.10. The molecule has 4 rings (SSSR count). The van der Waals surface area contributed by atoms with Crippen LogP contribution in [-0.2, 0) is 0 Å². The van der Waals surface area contributed by atoms with Gasteiger partial charge in [0.1, 0.15) is 11.8 Å². The topological polar surface area (TPSA) is 74.6 Å². The van der Waals surface area contributed by atoms with Crippen LogP contribution >= 0.6 is 11.6 Å². The number of aryl methyl sites for hydroxylation is 1. The summed E-state index contributed by atoms with van der Waals surface area (Å²) in [5.41, 5.74) is 4.75.